The quantitative estimate of drug-likeness (QED) is 0.657. The highest BCUT2D eigenvalue weighted by molar-refractivity contribution is 9.10. The Balaban J connectivity index is 2.99. The van der Waals surface area contributed by atoms with E-state index in [1.54, 1.807) is 0 Å². The van der Waals surface area contributed by atoms with Crippen LogP contribution in [0.3, 0.4) is 0 Å². The average molecular weight is 276 g/mol. The van der Waals surface area contributed by atoms with Gasteiger partial charge in [-0.15, -0.1) is 0 Å². The third-order valence-electron chi connectivity index (χ3n) is 1.88. The van der Waals surface area contributed by atoms with Gasteiger partial charge >= 0.3 is 0 Å². The molecule has 84 valence electrons. The van der Waals surface area contributed by atoms with E-state index in [-0.39, 0.29) is 5.56 Å². The van der Waals surface area contributed by atoms with E-state index >= 15 is 0 Å². The second-order valence-electron chi connectivity index (χ2n) is 2.93. The van der Waals surface area contributed by atoms with Crippen molar-refractivity contribution in [3.8, 4) is 0 Å². The molecule has 0 radical (unpaired) electrons. The van der Waals surface area contributed by atoms with Crippen LogP contribution in [0, 0.1) is 0 Å². The molecule has 0 bridgehead atoms. The van der Waals surface area contributed by atoms with Gasteiger partial charge in [0.2, 0.25) is 0 Å². The van der Waals surface area contributed by atoms with Gasteiger partial charge in [0.15, 0.2) is 0 Å². The summed E-state index contributed by atoms with van der Waals surface area (Å²) < 4.78 is 0.409. The summed E-state index contributed by atoms with van der Waals surface area (Å²) in [5.41, 5.74) is 10.7. The number of H-pyrrole nitrogens is 1. The molecular weight excluding hydrogens is 262 g/mol. The number of anilines is 1. The van der Waals surface area contributed by atoms with Crippen molar-refractivity contribution in [1.82, 2.24) is 9.97 Å². The highest BCUT2D eigenvalue weighted by atomic mass is 79.9. The number of nitrogens with one attached hydrogen (secondary N) is 1. The van der Waals surface area contributed by atoms with Crippen molar-refractivity contribution < 1.29 is 0 Å². The molecule has 0 spiro atoms. The van der Waals surface area contributed by atoms with Crippen molar-refractivity contribution in [2.24, 2.45) is 11.5 Å². The summed E-state index contributed by atoms with van der Waals surface area (Å²) in [5, 5.41) is 0. The lowest BCUT2D eigenvalue weighted by Crippen LogP contribution is -2.35. The van der Waals surface area contributed by atoms with Crippen molar-refractivity contribution in [2.75, 3.05) is 31.1 Å². The maximum Gasteiger partial charge on any atom is 0.267 e. The van der Waals surface area contributed by atoms with E-state index in [1.807, 2.05) is 4.90 Å². The van der Waals surface area contributed by atoms with Gasteiger partial charge in [0.25, 0.3) is 5.56 Å². The van der Waals surface area contributed by atoms with Gasteiger partial charge in [0, 0.05) is 26.2 Å². The fraction of sp³-hybridized carbons (Fsp3) is 0.500. The first-order valence-corrected chi connectivity index (χ1v) is 5.38. The molecule has 0 aromatic carbocycles. The highest BCUT2D eigenvalue weighted by Crippen LogP contribution is 2.17. The third kappa shape index (κ3) is 3.01. The monoisotopic (exact) mass is 275 g/mol. The smallest absolute Gasteiger partial charge is 0.267 e. The van der Waals surface area contributed by atoms with Gasteiger partial charge in [-0.05, 0) is 15.9 Å². The number of nitrogens with two attached hydrogens (primary N) is 2. The number of rotatable bonds is 5. The molecule has 0 aliphatic carbocycles. The fourth-order valence-corrected chi connectivity index (χ4v) is 1.70. The molecule has 5 N–H and O–H groups in total. The molecule has 1 rings (SSSR count). The lowest BCUT2D eigenvalue weighted by molar-refractivity contribution is 0.763. The minimum absolute atomic E-state index is 0.209. The fourth-order valence-electron chi connectivity index (χ4n) is 1.23. The minimum Gasteiger partial charge on any atom is -0.353 e. The Morgan fingerprint density at radius 2 is 2.00 bits per heavy atom. The van der Waals surface area contributed by atoms with Crippen molar-refractivity contribution in [2.45, 2.75) is 0 Å². The Kier molecular flexibility index (Phi) is 4.73. The van der Waals surface area contributed by atoms with Crippen LogP contribution in [0.5, 0.6) is 0 Å². The van der Waals surface area contributed by atoms with Gasteiger partial charge in [0.05, 0.1) is 6.33 Å². The van der Waals surface area contributed by atoms with E-state index in [9.17, 15) is 4.79 Å². The molecule has 0 fully saturated rings. The molecule has 1 aromatic rings. The number of aromatic nitrogens is 2. The van der Waals surface area contributed by atoms with Gasteiger partial charge < -0.3 is 21.4 Å². The second kappa shape index (κ2) is 5.84. The third-order valence-corrected chi connectivity index (χ3v) is 2.59. The van der Waals surface area contributed by atoms with Crippen molar-refractivity contribution in [3.63, 3.8) is 0 Å². The van der Waals surface area contributed by atoms with Crippen LogP contribution in [-0.2, 0) is 0 Å². The van der Waals surface area contributed by atoms with E-state index in [1.165, 1.54) is 6.33 Å². The molecule has 7 heteroatoms. The van der Waals surface area contributed by atoms with Crippen molar-refractivity contribution in [1.29, 1.82) is 0 Å². The van der Waals surface area contributed by atoms with Gasteiger partial charge in [-0.2, -0.15) is 0 Å². The molecule has 15 heavy (non-hydrogen) atoms. The summed E-state index contributed by atoms with van der Waals surface area (Å²) >= 11 is 3.19. The van der Waals surface area contributed by atoms with Gasteiger partial charge in [-0.1, -0.05) is 0 Å². The van der Waals surface area contributed by atoms with Crippen molar-refractivity contribution >= 4 is 21.7 Å². The standard InChI is InChI=1S/C8H14BrN5O/c9-6-7(12-5-13-8(6)15)14(3-1-10)4-2-11/h5H,1-4,10-11H2,(H,12,13,15). The first-order valence-electron chi connectivity index (χ1n) is 4.59. The highest BCUT2D eigenvalue weighted by Gasteiger charge is 2.12. The van der Waals surface area contributed by atoms with E-state index in [2.05, 4.69) is 25.9 Å². The van der Waals surface area contributed by atoms with Crippen LogP contribution in [0.25, 0.3) is 0 Å². The van der Waals surface area contributed by atoms with Crippen LogP contribution in [0.2, 0.25) is 0 Å². The molecule has 1 heterocycles. The topological polar surface area (TPSA) is 101 Å². The molecule has 0 unspecified atom stereocenters. The Bertz CT molecular complexity index is 360. The van der Waals surface area contributed by atoms with Gasteiger partial charge in [0.1, 0.15) is 10.3 Å². The SMILES string of the molecule is NCCN(CCN)c1nc[nH]c(=O)c1Br. The summed E-state index contributed by atoms with van der Waals surface area (Å²) in [5.74, 6) is 0.578. The normalized spacial score (nSPS) is 10.3. The van der Waals surface area contributed by atoms with E-state index in [4.69, 9.17) is 11.5 Å². The number of halogens is 1. The Morgan fingerprint density at radius 3 is 2.53 bits per heavy atom. The van der Waals surface area contributed by atoms with Crippen LogP contribution >= 0.6 is 15.9 Å². The van der Waals surface area contributed by atoms with Crippen LogP contribution in [0.1, 0.15) is 0 Å². The Morgan fingerprint density at radius 1 is 1.40 bits per heavy atom. The second-order valence-corrected chi connectivity index (χ2v) is 3.73. The molecule has 6 nitrogen and oxygen atoms in total. The first kappa shape index (κ1) is 12.2. The lowest BCUT2D eigenvalue weighted by Gasteiger charge is -2.22. The summed E-state index contributed by atoms with van der Waals surface area (Å²) in [6, 6.07) is 0. The largest absolute Gasteiger partial charge is 0.353 e. The summed E-state index contributed by atoms with van der Waals surface area (Å²) in [7, 11) is 0. The predicted molar refractivity (Wildman–Crippen MR) is 62.9 cm³/mol. The zero-order valence-electron chi connectivity index (χ0n) is 8.24. The Labute approximate surface area is 95.8 Å². The van der Waals surface area contributed by atoms with Crippen LogP contribution in [0.15, 0.2) is 15.6 Å². The van der Waals surface area contributed by atoms with E-state index < -0.39 is 0 Å². The maximum absolute atomic E-state index is 11.3. The Hall–Kier alpha value is -0.920. The zero-order chi connectivity index (χ0) is 11.3. The van der Waals surface area contributed by atoms with Gasteiger partial charge in [-0.25, -0.2) is 4.98 Å². The van der Waals surface area contributed by atoms with Crippen LogP contribution in [0.4, 0.5) is 5.82 Å². The van der Waals surface area contributed by atoms with E-state index in [0.717, 1.165) is 0 Å². The number of hydrogen-bond acceptors (Lipinski definition) is 5. The summed E-state index contributed by atoms with van der Waals surface area (Å²) in [4.78, 5) is 19.8. The molecule has 1 aromatic heterocycles. The average Bonchev–Trinajstić information content (AvgIpc) is 2.22. The minimum atomic E-state index is -0.209. The number of nitrogens with zero attached hydrogens (tertiary/aromatic N) is 2. The summed E-state index contributed by atoms with van der Waals surface area (Å²) in [6.45, 7) is 2.21. The first-order chi connectivity index (χ1) is 7.20. The van der Waals surface area contributed by atoms with E-state index in [0.29, 0.717) is 36.5 Å². The van der Waals surface area contributed by atoms with Gasteiger partial charge in [-0.3, -0.25) is 4.79 Å². The maximum atomic E-state index is 11.3. The zero-order valence-corrected chi connectivity index (χ0v) is 9.83. The molecule has 0 saturated carbocycles. The lowest BCUT2D eigenvalue weighted by atomic mass is 10.4. The molecule has 0 amide bonds. The molecule has 0 saturated heterocycles. The molecule has 0 aliphatic rings. The van der Waals surface area contributed by atoms with Crippen LogP contribution < -0.4 is 21.9 Å². The van der Waals surface area contributed by atoms with Crippen molar-refractivity contribution in [3.05, 3.63) is 21.2 Å². The predicted octanol–water partition coefficient (Wildman–Crippen LogP) is -0.744. The number of hydrogen-bond donors (Lipinski definition) is 3. The molecular formula is C8H14BrN5O. The molecule has 0 atom stereocenters. The number of aromatic amines is 1. The van der Waals surface area contributed by atoms with Crippen LogP contribution in [-0.4, -0.2) is 36.1 Å². The summed E-state index contributed by atoms with van der Waals surface area (Å²) in [6.07, 6.45) is 1.36. The molecule has 0 aliphatic heterocycles.